The molecule has 136 valence electrons. The molecule has 1 nitrogen and oxygen atoms in total. The van der Waals surface area contributed by atoms with Crippen molar-refractivity contribution in [2.75, 3.05) is 0 Å². The topological polar surface area (TPSA) is 23.8 Å². The highest BCUT2D eigenvalue weighted by Gasteiger charge is 2.21. The molecule has 1 fully saturated rings. The van der Waals surface area contributed by atoms with Crippen LogP contribution < -0.4 is 0 Å². The maximum atomic E-state index is 8.87. The van der Waals surface area contributed by atoms with Crippen molar-refractivity contribution < 1.29 is 0 Å². The van der Waals surface area contributed by atoms with Crippen LogP contribution in [0.2, 0.25) is 0 Å². The molecule has 0 saturated heterocycles. The molecule has 1 aliphatic carbocycles. The van der Waals surface area contributed by atoms with Gasteiger partial charge in [0, 0.05) is 0 Å². The lowest BCUT2D eigenvalue weighted by Crippen LogP contribution is -2.13. The summed E-state index contributed by atoms with van der Waals surface area (Å²) >= 11 is 0. The van der Waals surface area contributed by atoms with Gasteiger partial charge in [0.15, 0.2) is 0 Å². The van der Waals surface area contributed by atoms with Crippen LogP contribution in [0, 0.1) is 17.2 Å². The first-order valence-electron chi connectivity index (χ1n) is 10.4. The maximum absolute atomic E-state index is 8.87. The van der Waals surface area contributed by atoms with Crippen LogP contribution in [0.3, 0.4) is 0 Å². The normalized spacial score (nSPS) is 19.8. The van der Waals surface area contributed by atoms with E-state index in [1.165, 1.54) is 56.1 Å². The van der Waals surface area contributed by atoms with Gasteiger partial charge in [0.05, 0.1) is 11.6 Å². The zero-order valence-corrected chi connectivity index (χ0v) is 16.1. The van der Waals surface area contributed by atoms with E-state index in [1.54, 1.807) is 5.56 Å². The molecule has 2 aromatic carbocycles. The lowest BCUT2D eigenvalue weighted by atomic mass is 9.77. The van der Waals surface area contributed by atoms with E-state index >= 15 is 0 Å². The second kappa shape index (κ2) is 9.58. The number of rotatable bonds is 7. The SMILES string of the molecule is CCCCC1CCC(c2ccc(CCc3ccc(C#N)cc3)cc2)CC1. The van der Waals surface area contributed by atoms with E-state index in [0.717, 1.165) is 30.2 Å². The molecule has 0 amide bonds. The quantitative estimate of drug-likeness (QED) is 0.541. The van der Waals surface area contributed by atoms with Gasteiger partial charge in [-0.05, 0) is 79.2 Å². The molecule has 0 spiro atoms. The van der Waals surface area contributed by atoms with Crippen molar-refractivity contribution in [1.29, 1.82) is 5.26 Å². The van der Waals surface area contributed by atoms with E-state index in [-0.39, 0.29) is 0 Å². The number of nitrogens with zero attached hydrogens (tertiary/aromatic N) is 1. The van der Waals surface area contributed by atoms with Gasteiger partial charge in [-0.1, -0.05) is 62.6 Å². The molecule has 0 aliphatic heterocycles. The van der Waals surface area contributed by atoms with Crippen molar-refractivity contribution in [2.24, 2.45) is 5.92 Å². The zero-order valence-electron chi connectivity index (χ0n) is 16.1. The number of unbranched alkanes of at least 4 members (excludes halogenated alkanes) is 1. The minimum Gasteiger partial charge on any atom is -0.192 e. The molecule has 0 N–H and O–H groups in total. The second-order valence-electron chi connectivity index (χ2n) is 7.91. The molecule has 0 atom stereocenters. The fourth-order valence-electron chi connectivity index (χ4n) is 4.27. The van der Waals surface area contributed by atoms with Crippen LogP contribution >= 0.6 is 0 Å². The van der Waals surface area contributed by atoms with Gasteiger partial charge >= 0.3 is 0 Å². The van der Waals surface area contributed by atoms with E-state index in [2.05, 4.69) is 49.4 Å². The van der Waals surface area contributed by atoms with Crippen molar-refractivity contribution >= 4 is 0 Å². The third kappa shape index (κ3) is 5.21. The predicted molar refractivity (Wildman–Crippen MR) is 109 cm³/mol. The van der Waals surface area contributed by atoms with Crippen LogP contribution in [0.1, 0.15) is 80.0 Å². The third-order valence-electron chi connectivity index (χ3n) is 6.05. The van der Waals surface area contributed by atoms with Crippen molar-refractivity contribution in [1.82, 2.24) is 0 Å². The van der Waals surface area contributed by atoms with Gasteiger partial charge in [-0.2, -0.15) is 5.26 Å². The Morgan fingerprint density at radius 1 is 0.846 bits per heavy atom. The summed E-state index contributed by atoms with van der Waals surface area (Å²) in [5.74, 6) is 1.76. The molecule has 26 heavy (non-hydrogen) atoms. The van der Waals surface area contributed by atoms with Crippen LogP contribution in [-0.2, 0) is 12.8 Å². The lowest BCUT2D eigenvalue weighted by Gasteiger charge is -2.29. The molecule has 0 radical (unpaired) electrons. The van der Waals surface area contributed by atoms with Crippen LogP contribution in [0.25, 0.3) is 0 Å². The van der Waals surface area contributed by atoms with Gasteiger partial charge in [0.1, 0.15) is 0 Å². The minimum atomic E-state index is 0.738. The van der Waals surface area contributed by atoms with Crippen molar-refractivity contribution in [3.8, 4) is 6.07 Å². The molecule has 0 bridgehead atoms. The highest BCUT2D eigenvalue weighted by molar-refractivity contribution is 5.32. The van der Waals surface area contributed by atoms with E-state index in [1.807, 2.05) is 12.1 Å². The number of aryl methyl sites for hydroxylation is 2. The molecule has 3 rings (SSSR count). The number of nitriles is 1. The van der Waals surface area contributed by atoms with Gasteiger partial charge in [-0.25, -0.2) is 0 Å². The van der Waals surface area contributed by atoms with Gasteiger partial charge < -0.3 is 0 Å². The molecular weight excluding hydrogens is 314 g/mol. The average Bonchev–Trinajstić information content (AvgIpc) is 2.72. The van der Waals surface area contributed by atoms with Crippen LogP contribution in [0.4, 0.5) is 0 Å². The first-order valence-corrected chi connectivity index (χ1v) is 10.4. The van der Waals surface area contributed by atoms with E-state index < -0.39 is 0 Å². The second-order valence-corrected chi connectivity index (χ2v) is 7.91. The Kier molecular flexibility index (Phi) is 6.89. The molecule has 2 aromatic rings. The fraction of sp³-hybridized carbons (Fsp3) is 0.480. The molecule has 1 heteroatoms. The van der Waals surface area contributed by atoms with Gasteiger partial charge in [0.25, 0.3) is 0 Å². The molecule has 0 heterocycles. The highest BCUT2D eigenvalue weighted by Crippen LogP contribution is 2.37. The largest absolute Gasteiger partial charge is 0.192 e. The maximum Gasteiger partial charge on any atom is 0.0991 e. The Morgan fingerprint density at radius 2 is 1.42 bits per heavy atom. The number of hydrogen-bond donors (Lipinski definition) is 0. The van der Waals surface area contributed by atoms with Gasteiger partial charge in [-0.15, -0.1) is 0 Å². The van der Waals surface area contributed by atoms with E-state index in [4.69, 9.17) is 5.26 Å². The van der Waals surface area contributed by atoms with Crippen molar-refractivity contribution in [3.63, 3.8) is 0 Å². The lowest BCUT2D eigenvalue weighted by molar-refractivity contribution is 0.304. The number of benzene rings is 2. The summed E-state index contributed by atoms with van der Waals surface area (Å²) in [5.41, 5.74) is 5.00. The average molecular weight is 346 g/mol. The first kappa shape index (κ1) is 18.7. The standard InChI is InChI=1S/C25H31N/c1-2-3-4-20-11-15-24(16-12-20)25-17-13-22(14-18-25)6-5-21-7-9-23(19-26)10-8-21/h7-10,13-14,17-18,20,24H,2-6,11-12,15-16H2,1H3. The summed E-state index contributed by atoms with van der Waals surface area (Å²) in [5, 5.41) is 8.87. The summed E-state index contributed by atoms with van der Waals surface area (Å²) in [4.78, 5) is 0. The van der Waals surface area contributed by atoms with Crippen LogP contribution in [0.5, 0.6) is 0 Å². The molecule has 1 aliphatic rings. The van der Waals surface area contributed by atoms with Crippen molar-refractivity contribution in [3.05, 3.63) is 70.8 Å². The monoisotopic (exact) mass is 345 g/mol. The van der Waals surface area contributed by atoms with E-state index in [0.29, 0.717) is 0 Å². The van der Waals surface area contributed by atoms with E-state index in [9.17, 15) is 0 Å². The Bertz CT molecular complexity index is 697. The van der Waals surface area contributed by atoms with Crippen LogP contribution in [0.15, 0.2) is 48.5 Å². The molecule has 0 unspecified atom stereocenters. The predicted octanol–water partition coefficient (Wildman–Crippen LogP) is 6.81. The zero-order chi connectivity index (χ0) is 18.2. The summed E-state index contributed by atoms with van der Waals surface area (Å²) in [6, 6.07) is 19.5. The van der Waals surface area contributed by atoms with Crippen molar-refractivity contribution in [2.45, 2.75) is 70.6 Å². The first-order chi connectivity index (χ1) is 12.8. The Hall–Kier alpha value is -2.07. The van der Waals surface area contributed by atoms with Gasteiger partial charge in [-0.3, -0.25) is 0 Å². The van der Waals surface area contributed by atoms with Gasteiger partial charge in [0.2, 0.25) is 0 Å². The third-order valence-corrected chi connectivity index (χ3v) is 6.05. The summed E-state index contributed by atoms with van der Waals surface area (Å²) in [6.45, 7) is 2.30. The van der Waals surface area contributed by atoms with Crippen LogP contribution in [-0.4, -0.2) is 0 Å². The minimum absolute atomic E-state index is 0.738. The summed E-state index contributed by atoms with van der Waals surface area (Å²) < 4.78 is 0. The number of hydrogen-bond acceptors (Lipinski definition) is 1. The fourth-order valence-corrected chi connectivity index (χ4v) is 4.27. The smallest absolute Gasteiger partial charge is 0.0991 e. The summed E-state index contributed by atoms with van der Waals surface area (Å²) in [7, 11) is 0. The molecular formula is C25H31N. The molecule has 1 saturated carbocycles. The highest BCUT2D eigenvalue weighted by atomic mass is 14.3. The Balaban J connectivity index is 1.48. The molecule has 0 aromatic heterocycles. The Morgan fingerprint density at radius 3 is 1.96 bits per heavy atom. The summed E-state index contributed by atoms with van der Waals surface area (Å²) in [6.07, 6.45) is 11.9. The Labute approximate surface area is 159 Å².